The van der Waals surface area contributed by atoms with Crippen molar-refractivity contribution in [3.05, 3.63) is 113 Å². The Hall–Kier alpha value is -5.22. The SMILES string of the molecule is COCCNc1ccn(-c2ccccc2)c(=O)c1C(=O)Nc1ccc(Oc2ccnc3cc(OC)ccc23)c(F)c1. The van der Waals surface area contributed by atoms with Crippen LogP contribution in [-0.2, 0) is 4.74 Å². The molecule has 0 spiro atoms. The van der Waals surface area contributed by atoms with E-state index in [1.165, 1.54) is 16.7 Å². The summed E-state index contributed by atoms with van der Waals surface area (Å²) in [5.74, 6) is -0.388. The molecule has 0 bridgehead atoms. The zero-order chi connectivity index (χ0) is 28.8. The normalized spacial score (nSPS) is 10.8. The minimum Gasteiger partial charge on any atom is -0.497 e. The molecule has 3 aromatic carbocycles. The van der Waals surface area contributed by atoms with Crippen LogP contribution in [0.4, 0.5) is 15.8 Å². The number of pyridine rings is 2. The van der Waals surface area contributed by atoms with Crippen LogP contribution < -0.4 is 25.7 Å². The number of rotatable bonds is 10. The average molecular weight is 555 g/mol. The number of methoxy groups -OCH3 is 2. The topological polar surface area (TPSA) is 104 Å². The Kier molecular flexibility index (Phi) is 8.21. The van der Waals surface area contributed by atoms with Gasteiger partial charge < -0.3 is 24.8 Å². The highest BCUT2D eigenvalue weighted by Crippen LogP contribution is 2.33. The molecule has 2 heterocycles. The van der Waals surface area contributed by atoms with Crippen LogP contribution in [0, 0.1) is 5.82 Å². The van der Waals surface area contributed by atoms with E-state index in [-0.39, 0.29) is 17.0 Å². The third-order valence-corrected chi connectivity index (χ3v) is 6.29. The first-order valence-electron chi connectivity index (χ1n) is 12.7. The van der Waals surface area contributed by atoms with Crippen molar-refractivity contribution in [3.8, 4) is 22.9 Å². The van der Waals surface area contributed by atoms with Gasteiger partial charge in [0.05, 0.1) is 24.9 Å². The second-order valence-electron chi connectivity index (χ2n) is 8.93. The van der Waals surface area contributed by atoms with Crippen molar-refractivity contribution in [2.75, 3.05) is 38.0 Å². The van der Waals surface area contributed by atoms with Gasteiger partial charge in [0, 0.05) is 54.9 Å². The van der Waals surface area contributed by atoms with Gasteiger partial charge in [-0.15, -0.1) is 0 Å². The van der Waals surface area contributed by atoms with Crippen LogP contribution in [0.2, 0.25) is 0 Å². The van der Waals surface area contributed by atoms with E-state index in [2.05, 4.69) is 15.6 Å². The zero-order valence-electron chi connectivity index (χ0n) is 22.4. The molecule has 0 aliphatic heterocycles. The fourth-order valence-corrected chi connectivity index (χ4v) is 4.27. The van der Waals surface area contributed by atoms with Crippen LogP contribution in [0.1, 0.15) is 10.4 Å². The van der Waals surface area contributed by atoms with Gasteiger partial charge >= 0.3 is 0 Å². The summed E-state index contributed by atoms with van der Waals surface area (Å²) in [7, 11) is 3.12. The van der Waals surface area contributed by atoms with E-state index in [1.807, 2.05) is 6.07 Å². The molecule has 0 saturated heterocycles. The molecule has 2 N–H and O–H groups in total. The molecule has 41 heavy (non-hydrogen) atoms. The Morgan fingerprint density at radius 3 is 2.56 bits per heavy atom. The van der Waals surface area contributed by atoms with Gasteiger partial charge in [0.15, 0.2) is 11.6 Å². The molecule has 0 aliphatic rings. The Bertz CT molecular complexity index is 1760. The molecule has 0 saturated carbocycles. The molecular weight excluding hydrogens is 527 g/mol. The molecule has 0 atom stereocenters. The lowest BCUT2D eigenvalue weighted by Gasteiger charge is -2.15. The van der Waals surface area contributed by atoms with Crippen molar-refractivity contribution in [1.29, 1.82) is 0 Å². The summed E-state index contributed by atoms with van der Waals surface area (Å²) < 4.78 is 32.7. The standard InChI is InChI=1S/C31H27FN4O5/c1-39-17-15-34-25-13-16-36(21-6-4-3-5-7-21)31(38)29(25)30(37)35-20-8-11-28(24(32)18-20)41-27-12-14-33-26-19-22(40-2)9-10-23(26)27/h3-14,16,18-19,34H,15,17H2,1-2H3,(H,35,37). The number of anilines is 2. The summed E-state index contributed by atoms with van der Waals surface area (Å²) in [6.45, 7) is 0.749. The van der Waals surface area contributed by atoms with Crippen molar-refractivity contribution >= 4 is 28.2 Å². The van der Waals surface area contributed by atoms with Crippen molar-refractivity contribution in [1.82, 2.24) is 9.55 Å². The first-order valence-corrected chi connectivity index (χ1v) is 12.7. The largest absolute Gasteiger partial charge is 0.497 e. The first-order chi connectivity index (χ1) is 20.0. The fraction of sp³-hybridized carbons (Fsp3) is 0.129. The van der Waals surface area contributed by atoms with E-state index in [4.69, 9.17) is 14.2 Å². The number of ether oxygens (including phenoxy) is 3. The maximum Gasteiger partial charge on any atom is 0.270 e. The van der Waals surface area contributed by atoms with Crippen LogP contribution in [0.25, 0.3) is 16.6 Å². The van der Waals surface area contributed by atoms with Gasteiger partial charge in [0.2, 0.25) is 0 Å². The number of hydrogen-bond acceptors (Lipinski definition) is 7. The summed E-state index contributed by atoms with van der Waals surface area (Å²) >= 11 is 0. The smallest absolute Gasteiger partial charge is 0.270 e. The number of fused-ring (bicyclic) bond motifs is 1. The van der Waals surface area contributed by atoms with Gasteiger partial charge in [-0.1, -0.05) is 18.2 Å². The number of halogens is 1. The van der Waals surface area contributed by atoms with Crippen LogP contribution in [0.3, 0.4) is 0 Å². The van der Waals surface area contributed by atoms with E-state index in [1.54, 1.807) is 81.2 Å². The number of nitrogens with one attached hydrogen (secondary N) is 2. The molecule has 1 amide bonds. The van der Waals surface area contributed by atoms with Crippen molar-refractivity contribution in [3.63, 3.8) is 0 Å². The molecule has 9 nitrogen and oxygen atoms in total. The quantitative estimate of drug-likeness (QED) is 0.216. The number of amides is 1. The number of nitrogens with zero attached hydrogens (tertiary/aromatic N) is 2. The van der Waals surface area contributed by atoms with Gasteiger partial charge in [0.25, 0.3) is 11.5 Å². The molecule has 10 heteroatoms. The molecule has 2 aromatic heterocycles. The van der Waals surface area contributed by atoms with Crippen LogP contribution in [-0.4, -0.2) is 42.8 Å². The van der Waals surface area contributed by atoms with Gasteiger partial charge in [-0.2, -0.15) is 0 Å². The minimum absolute atomic E-state index is 0.0422. The second kappa shape index (κ2) is 12.3. The van der Waals surface area contributed by atoms with Crippen LogP contribution in [0.5, 0.6) is 17.2 Å². The molecule has 5 rings (SSSR count). The third-order valence-electron chi connectivity index (χ3n) is 6.29. The minimum atomic E-state index is -0.700. The molecule has 5 aromatic rings. The highest BCUT2D eigenvalue weighted by Gasteiger charge is 2.20. The number of benzene rings is 3. The predicted octanol–water partition coefficient (Wildman–Crippen LogP) is 5.64. The molecule has 0 radical (unpaired) electrons. The summed E-state index contributed by atoms with van der Waals surface area (Å²) in [4.78, 5) is 31.2. The lowest BCUT2D eigenvalue weighted by Crippen LogP contribution is -2.30. The summed E-state index contributed by atoms with van der Waals surface area (Å²) in [6.07, 6.45) is 3.15. The third kappa shape index (κ3) is 6.02. The van der Waals surface area contributed by atoms with Crippen LogP contribution >= 0.6 is 0 Å². The fourth-order valence-electron chi connectivity index (χ4n) is 4.27. The lowest BCUT2D eigenvalue weighted by atomic mass is 10.1. The lowest BCUT2D eigenvalue weighted by molar-refractivity contribution is 0.102. The summed E-state index contributed by atoms with van der Waals surface area (Å²) in [5.41, 5.74) is 1.07. The Balaban J connectivity index is 1.41. The summed E-state index contributed by atoms with van der Waals surface area (Å²) in [5, 5.41) is 6.38. The van der Waals surface area contributed by atoms with Crippen LogP contribution in [0.15, 0.2) is 96.1 Å². The molecule has 0 aliphatic carbocycles. The monoisotopic (exact) mass is 554 g/mol. The number of carbonyl (C=O) groups excluding carboxylic acids is 1. The van der Waals surface area contributed by atoms with E-state index < -0.39 is 17.3 Å². The number of hydrogen-bond donors (Lipinski definition) is 2. The predicted molar refractivity (Wildman–Crippen MR) is 155 cm³/mol. The van der Waals surface area contributed by atoms with Gasteiger partial charge in [-0.05, 0) is 48.5 Å². The maximum absolute atomic E-state index is 15.2. The zero-order valence-corrected chi connectivity index (χ0v) is 22.4. The van der Waals surface area contributed by atoms with Gasteiger partial charge in [0.1, 0.15) is 17.1 Å². The van der Waals surface area contributed by atoms with Gasteiger partial charge in [-0.25, -0.2) is 4.39 Å². The van der Waals surface area contributed by atoms with Crippen molar-refractivity contribution in [2.24, 2.45) is 0 Å². The first kappa shape index (κ1) is 27.4. The van der Waals surface area contributed by atoms with E-state index in [0.29, 0.717) is 46.9 Å². The highest BCUT2D eigenvalue weighted by atomic mass is 19.1. The molecular formula is C31H27FN4O5. The van der Waals surface area contributed by atoms with Crippen molar-refractivity contribution in [2.45, 2.75) is 0 Å². The Morgan fingerprint density at radius 2 is 1.80 bits per heavy atom. The van der Waals surface area contributed by atoms with E-state index >= 15 is 4.39 Å². The highest BCUT2D eigenvalue weighted by molar-refractivity contribution is 6.07. The molecule has 0 unspecified atom stereocenters. The van der Waals surface area contributed by atoms with E-state index in [9.17, 15) is 9.59 Å². The average Bonchev–Trinajstić information content (AvgIpc) is 2.99. The summed E-state index contributed by atoms with van der Waals surface area (Å²) in [6, 6.07) is 21.6. The molecule has 208 valence electrons. The second-order valence-corrected chi connectivity index (χ2v) is 8.93. The van der Waals surface area contributed by atoms with Crippen molar-refractivity contribution < 1.29 is 23.4 Å². The Labute approximate surface area is 235 Å². The van der Waals surface area contributed by atoms with Gasteiger partial charge in [-0.3, -0.25) is 19.1 Å². The number of aromatic nitrogens is 2. The maximum atomic E-state index is 15.2. The molecule has 0 fully saturated rings. The number of carbonyl (C=O) groups is 1. The Morgan fingerprint density at radius 1 is 0.976 bits per heavy atom. The number of para-hydroxylation sites is 1. The van der Waals surface area contributed by atoms with E-state index in [0.717, 1.165) is 6.07 Å².